The van der Waals surface area contributed by atoms with Gasteiger partial charge in [-0.05, 0) is 45.0 Å². The average Bonchev–Trinajstić information content (AvgIpc) is 2.68. The summed E-state index contributed by atoms with van der Waals surface area (Å²) in [4.78, 5) is 17.3. The van der Waals surface area contributed by atoms with Crippen molar-refractivity contribution in [1.82, 2.24) is 15.6 Å². The molecule has 154 valence electrons. The Balaban J connectivity index is 0.00000196. The summed E-state index contributed by atoms with van der Waals surface area (Å²) in [6, 6.07) is 13.8. The molecule has 3 rings (SSSR count). The van der Waals surface area contributed by atoms with E-state index in [2.05, 4.69) is 15.6 Å². The molecule has 0 atom stereocenters. The number of nitrogens with zero attached hydrogens (tertiary/aromatic N) is 1. The second-order valence-corrected chi connectivity index (χ2v) is 7.06. The lowest BCUT2D eigenvalue weighted by molar-refractivity contribution is 0.0511. The molecule has 1 aliphatic heterocycles. The first-order valence-electron chi connectivity index (χ1n) is 9.14. The van der Waals surface area contributed by atoms with Gasteiger partial charge in [0.15, 0.2) is 0 Å². The summed E-state index contributed by atoms with van der Waals surface area (Å²) in [6.07, 6.45) is 2.01. The van der Waals surface area contributed by atoms with Crippen LogP contribution in [0.1, 0.15) is 28.9 Å². The first-order chi connectivity index (χ1) is 12.6. The van der Waals surface area contributed by atoms with Gasteiger partial charge in [-0.1, -0.05) is 30.3 Å². The Morgan fingerprint density at radius 3 is 2.43 bits per heavy atom. The van der Waals surface area contributed by atoms with Gasteiger partial charge in [-0.3, -0.25) is 9.78 Å². The highest BCUT2D eigenvalue weighted by molar-refractivity contribution is 5.95. The lowest BCUT2D eigenvalue weighted by Gasteiger charge is -2.37. The van der Waals surface area contributed by atoms with E-state index in [-0.39, 0.29) is 36.1 Å². The van der Waals surface area contributed by atoms with E-state index in [1.165, 1.54) is 0 Å². The maximum Gasteiger partial charge on any atom is 0.253 e. The highest BCUT2D eigenvalue weighted by atomic mass is 35.5. The Kier molecular flexibility index (Phi) is 9.90. The number of rotatable bonds is 6. The number of aromatic nitrogens is 1. The van der Waals surface area contributed by atoms with E-state index in [0.29, 0.717) is 18.7 Å². The predicted molar refractivity (Wildman–Crippen MR) is 118 cm³/mol. The minimum absolute atomic E-state index is 0. The Bertz CT molecular complexity index is 745. The Morgan fingerprint density at radius 1 is 1.14 bits per heavy atom. The zero-order valence-corrected chi connectivity index (χ0v) is 18.0. The molecule has 2 aromatic rings. The number of amides is 1. The van der Waals surface area contributed by atoms with Crippen LogP contribution >= 0.6 is 24.8 Å². The molecule has 0 bridgehead atoms. The monoisotopic (exact) mass is 425 g/mol. The number of nitrogens with one attached hydrogen (secondary N) is 2. The van der Waals surface area contributed by atoms with Crippen LogP contribution in [0.3, 0.4) is 0 Å². The van der Waals surface area contributed by atoms with E-state index in [0.717, 1.165) is 42.9 Å². The zero-order chi connectivity index (χ0) is 18.4. The third-order valence-electron chi connectivity index (χ3n) is 5.14. The van der Waals surface area contributed by atoms with Crippen molar-refractivity contribution in [3.05, 3.63) is 53.7 Å². The molecular formula is C21H29Cl2N3O2. The molecule has 0 saturated carbocycles. The van der Waals surface area contributed by atoms with Crippen molar-refractivity contribution < 1.29 is 9.53 Å². The molecule has 1 aromatic heterocycles. The van der Waals surface area contributed by atoms with Gasteiger partial charge in [-0.2, -0.15) is 0 Å². The normalized spacial score (nSPS) is 15.1. The fraction of sp³-hybridized carbons (Fsp3) is 0.429. The number of aryl methyl sites for hydroxylation is 1. The molecule has 28 heavy (non-hydrogen) atoms. The topological polar surface area (TPSA) is 63.2 Å². The second kappa shape index (κ2) is 11.4. The van der Waals surface area contributed by atoms with Crippen molar-refractivity contribution in [1.29, 1.82) is 0 Å². The maximum atomic E-state index is 12.7. The summed E-state index contributed by atoms with van der Waals surface area (Å²) in [7, 11) is 1.72. The molecule has 2 heterocycles. The van der Waals surface area contributed by atoms with Crippen LogP contribution in [0, 0.1) is 12.3 Å². The molecule has 5 nitrogen and oxygen atoms in total. The Morgan fingerprint density at radius 2 is 1.82 bits per heavy atom. The van der Waals surface area contributed by atoms with Gasteiger partial charge in [0.05, 0.1) is 23.6 Å². The van der Waals surface area contributed by atoms with Crippen LogP contribution in [0.5, 0.6) is 0 Å². The molecule has 1 fully saturated rings. The third-order valence-corrected chi connectivity index (χ3v) is 5.14. The molecule has 1 aliphatic rings. The number of halogens is 2. The van der Waals surface area contributed by atoms with Crippen LogP contribution in [0.4, 0.5) is 0 Å². The van der Waals surface area contributed by atoms with E-state index in [1.54, 1.807) is 7.11 Å². The number of benzene rings is 1. The van der Waals surface area contributed by atoms with E-state index >= 15 is 0 Å². The van der Waals surface area contributed by atoms with Crippen molar-refractivity contribution in [2.24, 2.45) is 5.41 Å². The molecule has 2 N–H and O–H groups in total. The highest BCUT2D eigenvalue weighted by Gasteiger charge is 2.32. The summed E-state index contributed by atoms with van der Waals surface area (Å²) < 4.78 is 5.42. The SMILES string of the molecule is COCC1(CNC(=O)c2ccc(-c3ccccc3)nc2C)CCNCC1.Cl.Cl. The molecular weight excluding hydrogens is 397 g/mol. The second-order valence-electron chi connectivity index (χ2n) is 7.06. The number of piperidine rings is 1. The van der Waals surface area contributed by atoms with E-state index in [1.807, 2.05) is 49.4 Å². The number of carbonyl (C=O) groups is 1. The van der Waals surface area contributed by atoms with Crippen LogP contribution < -0.4 is 10.6 Å². The van der Waals surface area contributed by atoms with Crippen LogP contribution in [-0.4, -0.2) is 44.2 Å². The molecule has 7 heteroatoms. The fourth-order valence-corrected chi connectivity index (χ4v) is 3.57. The molecule has 1 amide bonds. The van der Waals surface area contributed by atoms with Gasteiger partial charge in [-0.15, -0.1) is 24.8 Å². The minimum atomic E-state index is -0.0661. The van der Waals surface area contributed by atoms with E-state index in [4.69, 9.17) is 4.74 Å². The average molecular weight is 426 g/mol. The Hall–Kier alpha value is -1.66. The van der Waals surface area contributed by atoms with Crippen molar-refractivity contribution in [2.75, 3.05) is 33.4 Å². The summed E-state index contributed by atoms with van der Waals surface area (Å²) >= 11 is 0. The van der Waals surface area contributed by atoms with Gasteiger partial charge >= 0.3 is 0 Å². The summed E-state index contributed by atoms with van der Waals surface area (Å²) in [5.74, 6) is -0.0661. The fourth-order valence-electron chi connectivity index (χ4n) is 3.57. The van der Waals surface area contributed by atoms with Gasteiger partial charge in [0.2, 0.25) is 0 Å². The number of pyridine rings is 1. The molecule has 1 aromatic carbocycles. The van der Waals surface area contributed by atoms with E-state index in [9.17, 15) is 4.79 Å². The maximum absolute atomic E-state index is 12.7. The van der Waals surface area contributed by atoms with E-state index < -0.39 is 0 Å². The van der Waals surface area contributed by atoms with Gasteiger partial charge < -0.3 is 15.4 Å². The third kappa shape index (κ3) is 5.92. The largest absolute Gasteiger partial charge is 0.384 e. The molecule has 0 unspecified atom stereocenters. The zero-order valence-electron chi connectivity index (χ0n) is 16.4. The number of hydrogen-bond acceptors (Lipinski definition) is 4. The van der Waals surface area contributed by atoms with Gasteiger partial charge in [0.25, 0.3) is 5.91 Å². The summed E-state index contributed by atoms with van der Waals surface area (Å²) in [5.41, 5.74) is 3.33. The molecule has 0 aliphatic carbocycles. The smallest absolute Gasteiger partial charge is 0.253 e. The van der Waals surface area contributed by atoms with Gasteiger partial charge in [0, 0.05) is 24.6 Å². The lowest BCUT2D eigenvalue weighted by Crippen LogP contribution is -2.47. The van der Waals surface area contributed by atoms with Crippen molar-refractivity contribution in [3.8, 4) is 11.3 Å². The number of methoxy groups -OCH3 is 1. The standard InChI is InChI=1S/C21H27N3O2.2ClH/c1-16-18(8-9-19(24-16)17-6-4-3-5-7-17)20(25)23-14-21(15-26-2)10-12-22-13-11-21;;/h3-9,22H,10-15H2,1-2H3,(H,23,25);2*1H. The highest BCUT2D eigenvalue weighted by Crippen LogP contribution is 2.28. The van der Waals surface area contributed by atoms with Crippen molar-refractivity contribution in [3.63, 3.8) is 0 Å². The number of carbonyl (C=O) groups excluding carboxylic acids is 1. The van der Waals surface area contributed by atoms with Gasteiger partial charge in [0.1, 0.15) is 0 Å². The summed E-state index contributed by atoms with van der Waals surface area (Å²) in [5, 5.41) is 6.48. The van der Waals surface area contributed by atoms with Gasteiger partial charge in [-0.25, -0.2) is 0 Å². The van der Waals surface area contributed by atoms with Crippen molar-refractivity contribution in [2.45, 2.75) is 19.8 Å². The van der Waals surface area contributed by atoms with Crippen LogP contribution in [0.25, 0.3) is 11.3 Å². The number of ether oxygens (including phenoxy) is 1. The Labute approximate surface area is 179 Å². The molecule has 0 spiro atoms. The predicted octanol–water partition coefficient (Wildman–Crippen LogP) is 3.65. The lowest BCUT2D eigenvalue weighted by atomic mass is 9.79. The summed E-state index contributed by atoms with van der Waals surface area (Å²) in [6.45, 7) is 5.11. The first-order valence-corrected chi connectivity index (χ1v) is 9.14. The van der Waals surface area contributed by atoms with Crippen molar-refractivity contribution >= 4 is 30.7 Å². The van der Waals surface area contributed by atoms with Crippen LogP contribution in [-0.2, 0) is 4.74 Å². The molecule has 0 radical (unpaired) electrons. The minimum Gasteiger partial charge on any atom is -0.384 e. The first kappa shape index (κ1) is 24.4. The number of hydrogen-bond donors (Lipinski definition) is 2. The quantitative estimate of drug-likeness (QED) is 0.741. The van der Waals surface area contributed by atoms with Crippen LogP contribution in [0.2, 0.25) is 0 Å². The molecule has 1 saturated heterocycles. The van der Waals surface area contributed by atoms with Crippen LogP contribution in [0.15, 0.2) is 42.5 Å².